The summed E-state index contributed by atoms with van der Waals surface area (Å²) in [6.45, 7) is 3.69. The second-order valence-electron chi connectivity index (χ2n) is 7.13. The molecule has 7 heteroatoms. The van der Waals surface area contributed by atoms with Crippen LogP contribution in [-0.4, -0.2) is 54.2 Å². The number of nitrogens with one attached hydrogen (secondary N) is 1. The molecule has 1 saturated carbocycles. The fraction of sp³-hybridized carbons (Fsp3) is 0.833. The number of unbranched alkanes of at least 4 members (excludes halogenated alkanes) is 3. The zero-order chi connectivity index (χ0) is 18.3. The minimum atomic E-state index is -0.758. The highest BCUT2D eigenvalue weighted by atomic mass is 16.5. The molecule has 2 N–H and O–H groups in total. The number of carboxylic acids is 1. The number of aliphatic carboxylic acids is 1. The average Bonchev–Trinajstić information content (AvgIpc) is 3.12. The van der Waals surface area contributed by atoms with Crippen LogP contribution in [0.1, 0.15) is 58.3 Å². The average molecular weight is 354 g/mol. The van der Waals surface area contributed by atoms with E-state index in [-0.39, 0.29) is 17.9 Å². The smallest absolute Gasteiger partial charge is 0.317 e. The van der Waals surface area contributed by atoms with Crippen molar-refractivity contribution < 1.29 is 24.2 Å². The quantitative estimate of drug-likeness (QED) is 0.490. The van der Waals surface area contributed by atoms with Crippen LogP contribution in [0.2, 0.25) is 0 Å². The molecule has 1 aliphatic carbocycles. The molecule has 25 heavy (non-hydrogen) atoms. The maximum atomic E-state index is 12.3. The van der Waals surface area contributed by atoms with E-state index >= 15 is 0 Å². The molecular weight excluding hydrogens is 324 g/mol. The first-order valence-corrected chi connectivity index (χ1v) is 9.41. The first-order valence-electron chi connectivity index (χ1n) is 9.41. The number of carboxylic acid groups (broad SMARTS) is 1. The molecule has 2 rings (SSSR count). The molecule has 1 heterocycles. The van der Waals surface area contributed by atoms with Gasteiger partial charge in [0.15, 0.2) is 0 Å². The Labute approximate surface area is 149 Å². The summed E-state index contributed by atoms with van der Waals surface area (Å²) in [7, 11) is 0. The molecular formula is C18H30N2O5. The molecule has 0 unspecified atom stereocenters. The number of rotatable bonds is 9. The molecule has 1 aliphatic heterocycles. The molecule has 0 aromatic carbocycles. The van der Waals surface area contributed by atoms with Gasteiger partial charge in [-0.1, -0.05) is 19.3 Å². The van der Waals surface area contributed by atoms with Crippen molar-refractivity contribution in [1.29, 1.82) is 0 Å². The summed E-state index contributed by atoms with van der Waals surface area (Å²) in [5.74, 6) is -0.812. The predicted molar refractivity (Wildman–Crippen MR) is 92.1 cm³/mol. The lowest BCUT2D eigenvalue weighted by Crippen LogP contribution is -2.41. The minimum absolute atomic E-state index is 0.0960. The molecule has 0 aromatic heterocycles. The summed E-state index contributed by atoms with van der Waals surface area (Å²) in [4.78, 5) is 36.7. The highest BCUT2D eigenvalue weighted by Crippen LogP contribution is 2.48. The van der Waals surface area contributed by atoms with Gasteiger partial charge in [-0.3, -0.25) is 9.59 Å². The van der Waals surface area contributed by atoms with Crippen LogP contribution in [0.25, 0.3) is 0 Å². The number of ether oxygens (including phenoxy) is 1. The Morgan fingerprint density at radius 3 is 2.68 bits per heavy atom. The minimum Gasteiger partial charge on any atom is -0.481 e. The summed E-state index contributed by atoms with van der Waals surface area (Å²) in [6.07, 6.45) is 6.51. The van der Waals surface area contributed by atoms with Crippen LogP contribution < -0.4 is 5.32 Å². The van der Waals surface area contributed by atoms with Gasteiger partial charge in [0, 0.05) is 26.1 Å². The fourth-order valence-corrected chi connectivity index (χ4v) is 4.08. The summed E-state index contributed by atoms with van der Waals surface area (Å²) >= 11 is 0. The fourth-order valence-electron chi connectivity index (χ4n) is 4.08. The second-order valence-corrected chi connectivity index (χ2v) is 7.13. The lowest BCUT2D eigenvalue weighted by molar-refractivity contribution is -0.149. The van der Waals surface area contributed by atoms with E-state index in [0.717, 1.165) is 38.5 Å². The van der Waals surface area contributed by atoms with Crippen LogP contribution >= 0.6 is 0 Å². The van der Waals surface area contributed by atoms with Crippen molar-refractivity contribution in [3.63, 3.8) is 0 Å². The van der Waals surface area contributed by atoms with E-state index in [1.807, 2.05) is 0 Å². The Morgan fingerprint density at radius 1 is 1.24 bits per heavy atom. The summed E-state index contributed by atoms with van der Waals surface area (Å²) in [5.41, 5.74) is -0.718. The second kappa shape index (κ2) is 9.06. The molecule has 2 amide bonds. The van der Waals surface area contributed by atoms with Gasteiger partial charge < -0.3 is 20.1 Å². The standard InChI is InChI=1S/C18H30N2O5/c1-2-25-15(21)9-5-3-4-6-11-19-17(24)20-12-14-8-7-10-18(14,13-20)16(22)23/h14H,2-13H2,1H3,(H,19,24)(H,22,23)/t14-,18+/m0/s1. The molecule has 2 aliphatic rings. The number of fused-ring (bicyclic) bond motifs is 1. The lowest BCUT2D eigenvalue weighted by atomic mass is 9.81. The van der Waals surface area contributed by atoms with Crippen molar-refractivity contribution >= 4 is 18.0 Å². The summed E-state index contributed by atoms with van der Waals surface area (Å²) in [5, 5.41) is 12.4. The third kappa shape index (κ3) is 4.86. The van der Waals surface area contributed by atoms with Gasteiger partial charge in [-0.25, -0.2) is 4.79 Å². The first kappa shape index (κ1) is 19.5. The Morgan fingerprint density at radius 2 is 2.00 bits per heavy atom. The van der Waals surface area contributed by atoms with Crippen molar-refractivity contribution in [3.8, 4) is 0 Å². The largest absolute Gasteiger partial charge is 0.481 e. The third-order valence-corrected chi connectivity index (χ3v) is 5.47. The molecule has 0 radical (unpaired) electrons. The normalized spacial score (nSPS) is 24.8. The molecule has 0 bridgehead atoms. The van der Waals surface area contributed by atoms with E-state index < -0.39 is 11.4 Å². The zero-order valence-electron chi connectivity index (χ0n) is 15.1. The molecule has 2 atom stereocenters. The van der Waals surface area contributed by atoms with Gasteiger partial charge in [0.25, 0.3) is 0 Å². The Balaban J connectivity index is 1.59. The highest BCUT2D eigenvalue weighted by molar-refractivity contribution is 5.80. The molecule has 0 spiro atoms. The van der Waals surface area contributed by atoms with Gasteiger partial charge >= 0.3 is 18.0 Å². The van der Waals surface area contributed by atoms with Crippen molar-refractivity contribution in [3.05, 3.63) is 0 Å². The molecule has 1 saturated heterocycles. The van der Waals surface area contributed by atoms with Crippen LogP contribution in [0.5, 0.6) is 0 Å². The van der Waals surface area contributed by atoms with Gasteiger partial charge in [-0.05, 0) is 38.5 Å². The molecule has 2 fully saturated rings. The van der Waals surface area contributed by atoms with Gasteiger partial charge in [0.2, 0.25) is 0 Å². The van der Waals surface area contributed by atoms with E-state index in [1.54, 1.807) is 11.8 Å². The van der Waals surface area contributed by atoms with Crippen LogP contribution in [0.3, 0.4) is 0 Å². The van der Waals surface area contributed by atoms with Gasteiger partial charge in [0.05, 0.1) is 12.0 Å². The zero-order valence-corrected chi connectivity index (χ0v) is 15.1. The number of hydrogen-bond acceptors (Lipinski definition) is 4. The number of nitrogens with zero attached hydrogens (tertiary/aromatic N) is 1. The monoisotopic (exact) mass is 354 g/mol. The molecule has 7 nitrogen and oxygen atoms in total. The van der Waals surface area contributed by atoms with Crippen molar-refractivity contribution in [2.45, 2.75) is 58.3 Å². The van der Waals surface area contributed by atoms with Gasteiger partial charge in [-0.2, -0.15) is 0 Å². The number of hydrogen-bond donors (Lipinski definition) is 2. The number of urea groups is 1. The number of esters is 1. The number of carbonyl (C=O) groups is 3. The predicted octanol–water partition coefficient (Wildman–Crippen LogP) is 2.40. The highest BCUT2D eigenvalue weighted by Gasteiger charge is 2.55. The van der Waals surface area contributed by atoms with Gasteiger partial charge in [0.1, 0.15) is 0 Å². The third-order valence-electron chi connectivity index (χ3n) is 5.47. The maximum Gasteiger partial charge on any atom is 0.317 e. The van der Waals surface area contributed by atoms with E-state index in [4.69, 9.17) is 4.74 Å². The van der Waals surface area contributed by atoms with Crippen molar-refractivity contribution in [2.75, 3.05) is 26.2 Å². The SMILES string of the molecule is CCOC(=O)CCCCCCNC(=O)N1C[C@@H]2CCC[C@@]2(C(=O)O)C1. The Bertz CT molecular complexity index is 496. The maximum absolute atomic E-state index is 12.3. The Hall–Kier alpha value is -1.79. The number of likely N-dealkylation sites (tertiary alicyclic amines) is 1. The van der Waals surface area contributed by atoms with Crippen LogP contribution in [0.15, 0.2) is 0 Å². The van der Waals surface area contributed by atoms with Crippen molar-refractivity contribution in [1.82, 2.24) is 10.2 Å². The van der Waals surface area contributed by atoms with Crippen LogP contribution in [-0.2, 0) is 14.3 Å². The lowest BCUT2D eigenvalue weighted by Gasteiger charge is -2.23. The topological polar surface area (TPSA) is 95.9 Å². The Kier molecular flexibility index (Phi) is 7.08. The van der Waals surface area contributed by atoms with E-state index in [1.165, 1.54) is 0 Å². The van der Waals surface area contributed by atoms with Gasteiger partial charge in [-0.15, -0.1) is 0 Å². The van der Waals surface area contributed by atoms with E-state index in [9.17, 15) is 19.5 Å². The molecule has 0 aromatic rings. The number of carbonyl (C=O) groups excluding carboxylic acids is 2. The van der Waals surface area contributed by atoms with Crippen molar-refractivity contribution in [2.24, 2.45) is 11.3 Å². The number of amides is 2. The van der Waals surface area contributed by atoms with E-state index in [2.05, 4.69) is 5.32 Å². The van der Waals surface area contributed by atoms with Crippen LogP contribution in [0, 0.1) is 11.3 Å². The molecule has 142 valence electrons. The van der Waals surface area contributed by atoms with Crippen LogP contribution in [0.4, 0.5) is 4.79 Å². The van der Waals surface area contributed by atoms with E-state index in [0.29, 0.717) is 39.1 Å². The first-order chi connectivity index (χ1) is 12.0. The summed E-state index contributed by atoms with van der Waals surface area (Å²) < 4.78 is 4.87. The summed E-state index contributed by atoms with van der Waals surface area (Å²) in [6, 6.07) is -0.151.